The average molecular weight is 436 g/mol. The summed E-state index contributed by atoms with van der Waals surface area (Å²) >= 11 is 1.48. The summed E-state index contributed by atoms with van der Waals surface area (Å²) in [4.78, 5) is 40.4. The van der Waals surface area contributed by atoms with Gasteiger partial charge in [0.1, 0.15) is 5.69 Å². The first-order valence-corrected chi connectivity index (χ1v) is 10.9. The van der Waals surface area contributed by atoms with E-state index in [4.69, 9.17) is 0 Å². The van der Waals surface area contributed by atoms with Gasteiger partial charge in [-0.05, 0) is 30.0 Å². The molecule has 2 heterocycles. The van der Waals surface area contributed by atoms with Gasteiger partial charge >= 0.3 is 0 Å². The van der Waals surface area contributed by atoms with Crippen molar-refractivity contribution in [1.29, 1.82) is 0 Å². The number of carbonyl (C=O) groups excluding carboxylic acids is 2. The molecule has 31 heavy (non-hydrogen) atoms. The van der Waals surface area contributed by atoms with E-state index in [9.17, 15) is 19.7 Å². The Labute approximate surface area is 183 Å². The molecular formula is C23H21N3O4S. The van der Waals surface area contributed by atoms with Crippen LogP contribution in [-0.2, 0) is 0 Å². The largest absolute Gasteiger partial charge is 0.364 e. The van der Waals surface area contributed by atoms with Gasteiger partial charge in [-0.3, -0.25) is 19.7 Å². The Morgan fingerprint density at radius 3 is 2.42 bits per heavy atom. The highest BCUT2D eigenvalue weighted by atomic mass is 32.1. The highest BCUT2D eigenvalue weighted by Crippen LogP contribution is 2.31. The molecule has 8 heteroatoms. The number of hydrogen-bond donors (Lipinski definition) is 0. The van der Waals surface area contributed by atoms with Crippen LogP contribution in [0.1, 0.15) is 32.7 Å². The van der Waals surface area contributed by atoms with Gasteiger partial charge in [0.2, 0.25) is 0 Å². The molecule has 0 bridgehead atoms. The van der Waals surface area contributed by atoms with Crippen LogP contribution in [0.2, 0.25) is 0 Å². The Hall–Kier alpha value is -3.52. The van der Waals surface area contributed by atoms with E-state index in [1.54, 1.807) is 41.3 Å². The lowest BCUT2D eigenvalue weighted by molar-refractivity contribution is -0.384. The smallest absolute Gasteiger partial charge is 0.293 e. The molecule has 3 aromatic rings. The highest BCUT2D eigenvalue weighted by Gasteiger charge is 2.26. The number of hydrogen-bond acceptors (Lipinski definition) is 6. The second-order valence-corrected chi connectivity index (χ2v) is 8.08. The highest BCUT2D eigenvalue weighted by molar-refractivity contribution is 7.08. The van der Waals surface area contributed by atoms with Crippen LogP contribution < -0.4 is 4.90 Å². The third-order valence-electron chi connectivity index (χ3n) is 5.36. The monoisotopic (exact) mass is 435 g/mol. The van der Waals surface area contributed by atoms with E-state index in [-0.39, 0.29) is 22.9 Å². The zero-order valence-corrected chi connectivity index (χ0v) is 17.6. The molecule has 0 radical (unpaired) electrons. The fraction of sp³-hybridized carbons (Fsp3) is 0.217. The minimum Gasteiger partial charge on any atom is -0.364 e. The third-order valence-corrected chi connectivity index (χ3v) is 6.05. The number of anilines is 1. The van der Waals surface area contributed by atoms with Crippen LogP contribution in [-0.4, -0.2) is 47.7 Å². The van der Waals surface area contributed by atoms with Gasteiger partial charge in [0, 0.05) is 48.8 Å². The van der Waals surface area contributed by atoms with Crippen molar-refractivity contribution in [2.24, 2.45) is 0 Å². The Balaban J connectivity index is 1.55. The first-order chi connectivity index (χ1) is 15.0. The molecule has 1 amide bonds. The molecule has 7 nitrogen and oxygen atoms in total. The SMILES string of the molecule is O=C(c1ccccc1)c1ccc(N2CCCN(C(=O)c3ccsc3)CC2)c([N+](=O)[O-])c1. The van der Waals surface area contributed by atoms with E-state index < -0.39 is 4.92 Å². The molecule has 0 spiro atoms. The van der Waals surface area contributed by atoms with E-state index in [2.05, 4.69) is 0 Å². The predicted octanol–water partition coefficient (Wildman–Crippen LogP) is 4.24. The molecule has 0 N–H and O–H groups in total. The van der Waals surface area contributed by atoms with Gasteiger partial charge in [-0.15, -0.1) is 0 Å². The van der Waals surface area contributed by atoms with Crippen molar-refractivity contribution < 1.29 is 14.5 Å². The maximum absolute atomic E-state index is 12.7. The maximum atomic E-state index is 12.7. The number of carbonyl (C=O) groups is 2. The molecule has 1 aromatic heterocycles. The molecule has 0 aliphatic carbocycles. The molecule has 4 rings (SSSR count). The number of ketones is 1. The third kappa shape index (κ3) is 4.49. The van der Waals surface area contributed by atoms with Crippen molar-refractivity contribution in [3.8, 4) is 0 Å². The Kier molecular flexibility index (Phi) is 6.08. The van der Waals surface area contributed by atoms with Gasteiger partial charge in [-0.1, -0.05) is 30.3 Å². The number of rotatable bonds is 5. The van der Waals surface area contributed by atoms with Gasteiger partial charge in [0.05, 0.1) is 10.5 Å². The lowest BCUT2D eigenvalue weighted by atomic mass is 10.0. The molecule has 0 unspecified atom stereocenters. The van der Waals surface area contributed by atoms with E-state index in [1.165, 1.54) is 17.4 Å². The number of nitro groups is 1. The van der Waals surface area contributed by atoms with Crippen LogP contribution >= 0.6 is 11.3 Å². The van der Waals surface area contributed by atoms with E-state index in [0.29, 0.717) is 49.4 Å². The molecular weight excluding hydrogens is 414 g/mol. The average Bonchev–Trinajstić information content (AvgIpc) is 3.23. The van der Waals surface area contributed by atoms with Crippen molar-refractivity contribution >= 4 is 34.4 Å². The van der Waals surface area contributed by atoms with Crippen LogP contribution in [0.3, 0.4) is 0 Å². The minimum atomic E-state index is -0.448. The topological polar surface area (TPSA) is 83.8 Å². The minimum absolute atomic E-state index is 0.0126. The van der Waals surface area contributed by atoms with Crippen molar-refractivity contribution in [2.45, 2.75) is 6.42 Å². The number of nitrogens with zero attached hydrogens (tertiary/aromatic N) is 3. The summed E-state index contributed by atoms with van der Waals surface area (Å²) in [5, 5.41) is 15.5. The van der Waals surface area contributed by atoms with Crippen molar-refractivity contribution in [3.05, 3.63) is 92.2 Å². The van der Waals surface area contributed by atoms with Gasteiger partial charge in [-0.2, -0.15) is 11.3 Å². The summed E-state index contributed by atoms with van der Waals surface area (Å²) in [7, 11) is 0. The summed E-state index contributed by atoms with van der Waals surface area (Å²) in [6.45, 7) is 2.17. The molecule has 1 fully saturated rings. The first-order valence-electron chi connectivity index (χ1n) is 9.99. The van der Waals surface area contributed by atoms with E-state index in [0.717, 1.165) is 0 Å². The summed E-state index contributed by atoms with van der Waals surface area (Å²) < 4.78 is 0. The molecule has 1 aliphatic rings. The van der Waals surface area contributed by atoms with Crippen molar-refractivity contribution in [2.75, 3.05) is 31.1 Å². The van der Waals surface area contributed by atoms with Crippen LogP contribution in [0.25, 0.3) is 0 Å². The van der Waals surface area contributed by atoms with Gasteiger partial charge in [0.25, 0.3) is 11.6 Å². The standard InChI is InChI=1S/C23H21N3O4S/c27-22(17-5-2-1-3-6-17)18-7-8-20(21(15-18)26(29)30)24-10-4-11-25(13-12-24)23(28)19-9-14-31-16-19/h1-3,5-9,14-16H,4,10-13H2. The summed E-state index contributed by atoms with van der Waals surface area (Å²) in [5.41, 5.74) is 1.82. The zero-order valence-electron chi connectivity index (χ0n) is 16.8. The van der Waals surface area contributed by atoms with Gasteiger partial charge in [-0.25, -0.2) is 0 Å². The number of thiophene rings is 1. The fourth-order valence-corrected chi connectivity index (χ4v) is 4.39. The van der Waals surface area contributed by atoms with Crippen molar-refractivity contribution in [3.63, 3.8) is 0 Å². The van der Waals surface area contributed by atoms with E-state index >= 15 is 0 Å². The molecule has 1 aliphatic heterocycles. The second-order valence-electron chi connectivity index (χ2n) is 7.30. The quantitative estimate of drug-likeness (QED) is 0.340. The first kappa shape index (κ1) is 20.7. The lowest BCUT2D eigenvalue weighted by Gasteiger charge is -2.23. The van der Waals surface area contributed by atoms with Gasteiger partial charge in [0.15, 0.2) is 5.78 Å². The second kappa shape index (κ2) is 9.09. The van der Waals surface area contributed by atoms with Crippen LogP contribution in [0.4, 0.5) is 11.4 Å². The Morgan fingerprint density at radius 1 is 0.903 bits per heavy atom. The summed E-state index contributed by atoms with van der Waals surface area (Å²) in [6.07, 6.45) is 0.706. The number of nitro benzene ring substituents is 1. The molecule has 158 valence electrons. The molecule has 0 saturated carbocycles. The summed E-state index contributed by atoms with van der Waals surface area (Å²) in [6, 6.07) is 15.2. The normalized spacial score (nSPS) is 14.2. The fourth-order valence-electron chi connectivity index (χ4n) is 3.76. The Bertz CT molecular complexity index is 1100. The molecule has 0 atom stereocenters. The van der Waals surface area contributed by atoms with Crippen LogP contribution in [0.15, 0.2) is 65.4 Å². The Morgan fingerprint density at radius 2 is 1.71 bits per heavy atom. The van der Waals surface area contributed by atoms with Gasteiger partial charge < -0.3 is 9.80 Å². The zero-order chi connectivity index (χ0) is 21.8. The summed E-state index contributed by atoms with van der Waals surface area (Å²) in [5.74, 6) is -0.264. The van der Waals surface area contributed by atoms with Crippen LogP contribution in [0.5, 0.6) is 0 Å². The van der Waals surface area contributed by atoms with Crippen molar-refractivity contribution in [1.82, 2.24) is 4.90 Å². The molecule has 1 saturated heterocycles. The predicted molar refractivity (Wildman–Crippen MR) is 120 cm³/mol. The lowest BCUT2D eigenvalue weighted by Crippen LogP contribution is -2.35. The molecule has 2 aromatic carbocycles. The van der Waals surface area contributed by atoms with E-state index in [1.807, 2.05) is 27.8 Å². The maximum Gasteiger partial charge on any atom is 0.293 e. The van der Waals surface area contributed by atoms with Crippen LogP contribution in [0, 0.1) is 10.1 Å². The number of amides is 1. The number of benzene rings is 2.